The Bertz CT molecular complexity index is 1320. The molecule has 1 saturated heterocycles. The van der Waals surface area contributed by atoms with Crippen LogP contribution in [0, 0.1) is 5.92 Å². The third-order valence-electron chi connectivity index (χ3n) is 8.66. The number of benzene rings is 4. The van der Waals surface area contributed by atoms with Crippen LogP contribution in [0.2, 0.25) is 0 Å². The Labute approximate surface area is 244 Å². The second kappa shape index (κ2) is 13.6. The number of hydrogen-bond acceptors (Lipinski definition) is 4. The zero-order valence-corrected chi connectivity index (χ0v) is 24.0. The number of likely N-dealkylation sites (tertiary alicyclic amines) is 1. The van der Waals surface area contributed by atoms with Gasteiger partial charge in [0.25, 0.3) is 0 Å². The molecule has 212 valence electrons. The summed E-state index contributed by atoms with van der Waals surface area (Å²) in [5.74, 6) is 0.598. The SMILES string of the molecule is C[C@@H]1[C@@H](OCc2ccccc2)[C@H](OCc2ccccc2)[C@@H](OCc2ccccc2)CN1CC1Cc2ccccc2C1. The molecular weight excluding hydrogens is 506 g/mol. The molecule has 1 aliphatic carbocycles. The van der Waals surface area contributed by atoms with Crippen molar-refractivity contribution in [3.8, 4) is 0 Å². The standard InChI is InChI=1S/C37H41NO3/c1-28-36(40-26-30-15-7-3-8-16-30)37(41-27-31-17-9-4-10-18-31)35(39-25-29-13-5-2-6-14-29)24-38(28)23-32-21-33-19-11-12-20-34(33)22-32/h2-20,28,32,35-37H,21-27H2,1H3/t28-,35+,36-,37-/m1/s1. The molecule has 0 saturated carbocycles. The summed E-state index contributed by atoms with van der Waals surface area (Å²) in [6, 6.07) is 40.4. The number of fused-ring (bicyclic) bond motifs is 1. The molecule has 2 aliphatic rings. The summed E-state index contributed by atoms with van der Waals surface area (Å²) in [7, 11) is 0. The Kier molecular flexibility index (Phi) is 9.24. The van der Waals surface area contributed by atoms with Crippen LogP contribution in [0.4, 0.5) is 0 Å². The van der Waals surface area contributed by atoms with E-state index in [9.17, 15) is 0 Å². The zero-order valence-electron chi connectivity index (χ0n) is 24.0. The first-order chi connectivity index (χ1) is 20.2. The summed E-state index contributed by atoms with van der Waals surface area (Å²) in [6.45, 7) is 5.80. The van der Waals surface area contributed by atoms with Crippen molar-refractivity contribution in [2.24, 2.45) is 5.92 Å². The molecular formula is C37H41NO3. The molecule has 4 nitrogen and oxygen atoms in total. The maximum atomic E-state index is 6.77. The number of nitrogens with zero attached hydrogens (tertiary/aromatic N) is 1. The fourth-order valence-electron chi connectivity index (χ4n) is 6.44. The van der Waals surface area contributed by atoms with Crippen LogP contribution >= 0.6 is 0 Å². The van der Waals surface area contributed by atoms with Gasteiger partial charge in [0.15, 0.2) is 0 Å². The van der Waals surface area contributed by atoms with Gasteiger partial charge in [0.1, 0.15) is 12.2 Å². The topological polar surface area (TPSA) is 30.9 Å². The normalized spacial score (nSPS) is 23.0. The van der Waals surface area contributed by atoms with Gasteiger partial charge in [0, 0.05) is 19.1 Å². The highest BCUT2D eigenvalue weighted by Gasteiger charge is 2.44. The van der Waals surface area contributed by atoms with Crippen molar-refractivity contribution in [3.63, 3.8) is 0 Å². The van der Waals surface area contributed by atoms with E-state index in [0.29, 0.717) is 25.7 Å². The quantitative estimate of drug-likeness (QED) is 0.205. The summed E-state index contributed by atoms with van der Waals surface area (Å²) < 4.78 is 20.2. The van der Waals surface area contributed by atoms with Gasteiger partial charge in [0.05, 0.1) is 25.9 Å². The van der Waals surface area contributed by atoms with Gasteiger partial charge in [-0.1, -0.05) is 115 Å². The van der Waals surface area contributed by atoms with E-state index >= 15 is 0 Å². The predicted molar refractivity (Wildman–Crippen MR) is 163 cm³/mol. The van der Waals surface area contributed by atoms with Gasteiger partial charge in [-0.3, -0.25) is 4.90 Å². The van der Waals surface area contributed by atoms with Crippen LogP contribution in [0.3, 0.4) is 0 Å². The monoisotopic (exact) mass is 547 g/mol. The van der Waals surface area contributed by atoms with Crippen molar-refractivity contribution in [1.82, 2.24) is 4.90 Å². The molecule has 4 atom stereocenters. The Morgan fingerprint density at radius 1 is 0.561 bits per heavy atom. The largest absolute Gasteiger partial charge is 0.369 e. The molecule has 4 heteroatoms. The van der Waals surface area contributed by atoms with Crippen LogP contribution in [-0.4, -0.2) is 42.3 Å². The van der Waals surface area contributed by atoms with E-state index in [1.807, 2.05) is 18.2 Å². The minimum Gasteiger partial charge on any atom is -0.369 e. The van der Waals surface area contributed by atoms with E-state index in [4.69, 9.17) is 14.2 Å². The van der Waals surface area contributed by atoms with Gasteiger partial charge in [-0.25, -0.2) is 0 Å². The molecule has 1 fully saturated rings. The van der Waals surface area contributed by atoms with E-state index in [0.717, 1.165) is 31.5 Å². The third kappa shape index (κ3) is 7.14. The highest BCUT2D eigenvalue weighted by atomic mass is 16.6. The summed E-state index contributed by atoms with van der Waals surface area (Å²) in [5, 5.41) is 0. The van der Waals surface area contributed by atoms with Crippen LogP contribution in [0.1, 0.15) is 34.7 Å². The fraction of sp³-hybridized carbons (Fsp3) is 0.351. The summed E-state index contributed by atoms with van der Waals surface area (Å²) >= 11 is 0. The van der Waals surface area contributed by atoms with Gasteiger partial charge < -0.3 is 14.2 Å². The summed E-state index contributed by atoms with van der Waals surface area (Å²) in [6.07, 6.45) is 1.85. The average Bonchev–Trinajstić information content (AvgIpc) is 3.44. The lowest BCUT2D eigenvalue weighted by atomic mass is 9.92. The molecule has 0 spiro atoms. The molecule has 0 aromatic heterocycles. The smallest absolute Gasteiger partial charge is 0.113 e. The molecule has 4 aromatic rings. The van der Waals surface area contributed by atoms with E-state index in [2.05, 4.69) is 109 Å². The third-order valence-corrected chi connectivity index (χ3v) is 8.66. The maximum Gasteiger partial charge on any atom is 0.113 e. The molecule has 1 heterocycles. The van der Waals surface area contributed by atoms with E-state index in [-0.39, 0.29) is 24.4 Å². The van der Waals surface area contributed by atoms with Crippen LogP contribution in [0.5, 0.6) is 0 Å². The van der Waals surface area contributed by atoms with E-state index in [1.54, 1.807) is 0 Å². The van der Waals surface area contributed by atoms with Crippen molar-refractivity contribution >= 4 is 0 Å². The number of hydrogen-bond donors (Lipinski definition) is 0. The molecule has 0 bridgehead atoms. The van der Waals surface area contributed by atoms with Gasteiger partial charge in [-0.15, -0.1) is 0 Å². The highest BCUT2D eigenvalue weighted by molar-refractivity contribution is 5.32. The second-order valence-corrected chi connectivity index (χ2v) is 11.6. The summed E-state index contributed by atoms with van der Waals surface area (Å²) in [5.41, 5.74) is 6.51. The fourth-order valence-corrected chi connectivity index (χ4v) is 6.44. The molecule has 0 unspecified atom stereocenters. The van der Waals surface area contributed by atoms with Gasteiger partial charge in [-0.2, -0.15) is 0 Å². The Hall–Kier alpha value is -3.28. The summed E-state index contributed by atoms with van der Waals surface area (Å²) in [4.78, 5) is 2.60. The molecule has 0 N–H and O–H groups in total. The first-order valence-corrected chi connectivity index (χ1v) is 15.0. The maximum absolute atomic E-state index is 6.77. The predicted octanol–water partition coefficient (Wildman–Crippen LogP) is 6.86. The van der Waals surface area contributed by atoms with Gasteiger partial charge in [-0.05, 0) is 53.5 Å². The van der Waals surface area contributed by atoms with Crippen LogP contribution in [0.15, 0.2) is 115 Å². The number of piperidine rings is 1. The number of ether oxygens (including phenoxy) is 3. The van der Waals surface area contributed by atoms with Crippen LogP contribution in [-0.2, 0) is 46.9 Å². The Balaban J connectivity index is 1.23. The van der Waals surface area contributed by atoms with Crippen molar-refractivity contribution in [2.45, 2.75) is 63.9 Å². The first kappa shape index (κ1) is 27.9. The first-order valence-electron chi connectivity index (χ1n) is 15.0. The molecule has 4 aromatic carbocycles. The van der Waals surface area contributed by atoms with Crippen molar-refractivity contribution < 1.29 is 14.2 Å². The molecule has 0 radical (unpaired) electrons. The van der Waals surface area contributed by atoms with Crippen molar-refractivity contribution in [2.75, 3.05) is 13.1 Å². The lowest BCUT2D eigenvalue weighted by Gasteiger charge is -2.48. The molecule has 41 heavy (non-hydrogen) atoms. The van der Waals surface area contributed by atoms with Crippen LogP contribution < -0.4 is 0 Å². The second-order valence-electron chi connectivity index (χ2n) is 11.6. The van der Waals surface area contributed by atoms with Gasteiger partial charge in [0.2, 0.25) is 0 Å². The minimum atomic E-state index is -0.186. The minimum absolute atomic E-state index is 0.111. The lowest BCUT2D eigenvalue weighted by Crippen LogP contribution is -2.63. The Morgan fingerprint density at radius 2 is 1.00 bits per heavy atom. The van der Waals surface area contributed by atoms with Crippen LogP contribution in [0.25, 0.3) is 0 Å². The molecule has 1 aliphatic heterocycles. The zero-order chi connectivity index (χ0) is 27.9. The van der Waals surface area contributed by atoms with Crippen molar-refractivity contribution in [3.05, 3.63) is 143 Å². The molecule has 6 rings (SSSR count). The van der Waals surface area contributed by atoms with Gasteiger partial charge >= 0.3 is 0 Å². The molecule has 0 amide bonds. The Morgan fingerprint density at radius 3 is 1.51 bits per heavy atom. The number of rotatable bonds is 11. The van der Waals surface area contributed by atoms with E-state index < -0.39 is 0 Å². The highest BCUT2D eigenvalue weighted by Crippen LogP contribution is 2.32. The van der Waals surface area contributed by atoms with E-state index in [1.165, 1.54) is 22.3 Å². The lowest BCUT2D eigenvalue weighted by molar-refractivity contribution is -0.201. The average molecular weight is 548 g/mol. The van der Waals surface area contributed by atoms with Crippen molar-refractivity contribution in [1.29, 1.82) is 0 Å².